The highest BCUT2D eigenvalue weighted by molar-refractivity contribution is 8.04. The summed E-state index contributed by atoms with van der Waals surface area (Å²) >= 11 is 1.35. The van der Waals surface area contributed by atoms with Gasteiger partial charge in [-0.15, -0.1) is 21.6 Å². The molecule has 4 rings (SSSR count). The number of allylic oxidation sites excluding steroid dienone is 2. The highest BCUT2D eigenvalue weighted by Crippen LogP contribution is 2.45. The van der Waals surface area contributed by atoms with Crippen LogP contribution in [0.5, 0.6) is 5.75 Å². The van der Waals surface area contributed by atoms with Gasteiger partial charge in [-0.25, -0.2) is 5.26 Å². The maximum Gasteiger partial charge on any atom is 0.277 e. The number of amides is 1. The molecular formula is C25H21N3O6S. The Morgan fingerprint density at radius 3 is 2.60 bits per heavy atom. The average Bonchev–Trinajstić information content (AvgIpc) is 3.53. The molecule has 9 nitrogen and oxygen atoms in total. The first-order chi connectivity index (χ1) is 17.0. The summed E-state index contributed by atoms with van der Waals surface area (Å²) in [6.07, 6.45) is 4.27. The molecule has 2 aromatic rings. The third-order valence-electron chi connectivity index (χ3n) is 5.90. The Hall–Kier alpha value is -3.89. The van der Waals surface area contributed by atoms with Crippen LogP contribution in [0.1, 0.15) is 29.2 Å². The van der Waals surface area contributed by atoms with Gasteiger partial charge in [0.05, 0.1) is 16.5 Å². The number of rotatable bonds is 10. The summed E-state index contributed by atoms with van der Waals surface area (Å²) < 4.78 is 0. The average molecular weight is 492 g/mol. The first-order valence-corrected chi connectivity index (χ1v) is 11.8. The van der Waals surface area contributed by atoms with Gasteiger partial charge < -0.3 is 9.79 Å². The maximum atomic E-state index is 13.5. The standard InChI is InChI=1S/C25H21N3O6S/c1-2-16-13-17(14-18(34-33)21(16)26-31)23-20(24(29)19-9-6-12-35-19)22(27-32)25(30)28(23)11-10-15-7-4-3-5-8-15/h2-5,7-9,13-14,23,33H,1,6,10-12H2. The largest absolute Gasteiger partial charge is 0.338 e. The Kier molecular flexibility index (Phi) is 7.33. The second-order valence-electron chi connectivity index (χ2n) is 7.87. The molecule has 1 atom stereocenters. The van der Waals surface area contributed by atoms with Crippen LogP contribution in [0.2, 0.25) is 0 Å². The van der Waals surface area contributed by atoms with Crippen molar-refractivity contribution in [3.8, 4) is 5.75 Å². The third-order valence-corrected chi connectivity index (χ3v) is 7.01. The number of thioether (sulfide) groups is 1. The fourth-order valence-corrected chi connectivity index (χ4v) is 5.22. The van der Waals surface area contributed by atoms with Crippen LogP contribution in [0.3, 0.4) is 0 Å². The van der Waals surface area contributed by atoms with Crippen LogP contribution in [0, 0.1) is 9.81 Å². The van der Waals surface area contributed by atoms with Gasteiger partial charge in [-0.3, -0.25) is 9.59 Å². The molecule has 0 radical (unpaired) electrons. The highest BCUT2D eigenvalue weighted by atomic mass is 32.2. The number of carbonyl (C=O) groups is 2. The first-order valence-electron chi connectivity index (χ1n) is 10.8. The quantitative estimate of drug-likeness (QED) is 0.271. The van der Waals surface area contributed by atoms with Crippen molar-refractivity contribution in [3.63, 3.8) is 0 Å². The fraction of sp³-hybridized carbons (Fsp3) is 0.200. The molecule has 1 N–H and O–H groups in total. The van der Waals surface area contributed by atoms with Gasteiger partial charge in [0, 0.05) is 17.9 Å². The van der Waals surface area contributed by atoms with Crippen LogP contribution in [-0.2, 0) is 16.0 Å². The van der Waals surface area contributed by atoms with Crippen LogP contribution in [-0.4, -0.2) is 34.1 Å². The summed E-state index contributed by atoms with van der Waals surface area (Å²) in [5, 5.41) is 15.2. The zero-order valence-electron chi connectivity index (χ0n) is 18.5. The minimum Gasteiger partial charge on any atom is -0.338 e. The van der Waals surface area contributed by atoms with Gasteiger partial charge in [-0.1, -0.05) is 49.1 Å². The van der Waals surface area contributed by atoms with Crippen molar-refractivity contribution in [1.82, 2.24) is 4.90 Å². The van der Waals surface area contributed by atoms with E-state index in [4.69, 9.17) is 0 Å². The zero-order chi connectivity index (χ0) is 24.9. The van der Waals surface area contributed by atoms with E-state index in [0.717, 1.165) is 11.3 Å². The number of benzene rings is 2. The molecule has 2 heterocycles. The second kappa shape index (κ2) is 10.6. The lowest BCUT2D eigenvalue weighted by molar-refractivity contribution is -0.137. The number of hydrogen-bond acceptors (Lipinski definition) is 9. The van der Waals surface area contributed by atoms with E-state index in [1.807, 2.05) is 30.3 Å². The van der Waals surface area contributed by atoms with Crippen molar-refractivity contribution in [2.24, 2.45) is 10.4 Å². The highest BCUT2D eigenvalue weighted by Gasteiger charge is 2.45. The minimum absolute atomic E-state index is 0.0515. The van der Waals surface area contributed by atoms with Crippen LogP contribution in [0.15, 0.2) is 81.6 Å². The normalized spacial score (nSPS) is 17.4. The van der Waals surface area contributed by atoms with Crippen LogP contribution < -0.4 is 4.89 Å². The molecule has 2 aliphatic heterocycles. The zero-order valence-corrected chi connectivity index (χ0v) is 19.4. The molecule has 0 spiro atoms. The molecule has 0 saturated carbocycles. The van der Waals surface area contributed by atoms with Crippen molar-refractivity contribution in [2.45, 2.75) is 18.9 Å². The van der Waals surface area contributed by atoms with E-state index in [0.29, 0.717) is 23.3 Å². The number of ketones is 1. The van der Waals surface area contributed by atoms with E-state index in [1.54, 1.807) is 6.08 Å². The van der Waals surface area contributed by atoms with Crippen molar-refractivity contribution in [3.05, 3.63) is 97.8 Å². The molecule has 10 heteroatoms. The smallest absolute Gasteiger partial charge is 0.277 e. The van der Waals surface area contributed by atoms with E-state index >= 15 is 0 Å². The second-order valence-corrected chi connectivity index (χ2v) is 9.01. The van der Waals surface area contributed by atoms with E-state index in [1.165, 1.54) is 34.9 Å². The number of hydrogen-bond donors (Lipinski definition) is 1. The lowest BCUT2D eigenvalue weighted by atomic mass is 9.93. The Morgan fingerprint density at radius 1 is 1.23 bits per heavy atom. The molecule has 0 aromatic heterocycles. The third kappa shape index (κ3) is 4.58. The Morgan fingerprint density at radius 2 is 2.00 bits per heavy atom. The molecule has 2 aliphatic rings. The van der Waals surface area contributed by atoms with E-state index in [2.05, 4.69) is 21.8 Å². The molecule has 178 valence electrons. The van der Waals surface area contributed by atoms with Gasteiger partial charge in [0.2, 0.25) is 0 Å². The Labute approximate surface area is 205 Å². The van der Waals surface area contributed by atoms with Crippen molar-refractivity contribution >= 4 is 35.2 Å². The van der Waals surface area contributed by atoms with Crippen molar-refractivity contribution in [2.75, 3.05) is 12.3 Å². The summed E-state index contributed by atoms with van der Waals surface area (Å²) in [7, 11) is 0. The number of nitrogens with zero attached hydrogens (tertiary/aromatic N) is 3. The molecule has 0 aliphatic carbocycles. The Bertz CT molecular complexity index is 1270. The fourth-order valence-electron chi connectivity index (χ4n) is 4.29. The first kappa shape index (κ1) is 24.2. The van der Waals surface area contributed by atoms with Gasteiger partial charge in [-0.05, 0) is 46.5 Å². The molecule has 0 bridgehead atoms. The monoisotopic (exact) mass is 491 g/mol. The van der Waals surface area contributed by atoms with E-state index in [9.17, 15) is 24.7 Å². The van der Waals surface area contributed by atoms with Gasteiger partial charge >= 0.3 is 0 Å². The maximum absolute atomic E-state index is 13.5. The predicted molar refractivity (Wildman–Crippen MR) is 133 cm³/mol. The molecule has 0 saturated heterocycles. The predicted octanol–water partition coefficient (Wildman–Crippen LogP) is 5.32. The summed E-state index contributed by atoms with van der Waals surface area (Å²) in [6.45, 7) is 3.85. The van der Waals surface area contributed by atoms with Crippen LogP contribution in [0.25, 0.3) is 6.08 Å². The van der Waals surface area contributed by atoms with Gasteiger partial charge in [-0.2, -0.15) is 0 Å². The van der Waals surface area contributed by atoms with Crippen LogP contribution >= 0.6 is 11.8 Å². The van der Waals surface area contributed by atoms with Gasteiger partial charge in [0.15, 0.2) is 22.9 Å². The summed E-state index contributed by atoms with van der Waals surface area (Å²) in [5.41, 5.74) is 0.829. The lowest BCUT2D eigenvalue weighted by Gasteiger charge is -2.28. The van der Waals surface area contributed by atoms with E-state index < -0.39 is 23.4 Å². The molecule has 2 aromatic carbocycles. The summed E-state index contributed by atoms with van der Waals surface area (Å²) in [5.74, 6) is -0.669. The molecule has 1 amide bonds. The molecule has 1 unspecified atom stereocenters. The molecular weight excluding hydrogens is 470 g/mol. The SMILES string of the molecule is C=Cc1cc(C2C(C(=O)C3=CCCS3)=C(N=O)C(=O)N2CCc2ccccc2)cc(OO)c1N=O. The Balaban J connectivity index is 1.85. The molecule has 35 heavy (non-hydrogen) atoms. The lowest BCUT2D eigenvalue weighted by Crippen LogP contribution is -2.33. The topological polar surface area (TPSA) is 126 Å². The number of Topliss-reactive ketones (excluding diaryl/α,β-unsaturated/α-hetero) is 1. The number of carbonyl (C=O) groups excluding carboxylic acids is 2. The van der Waals surface area contributed by atoms with Gasteiger partial charge in [0.1, 0.15) is 0 Å². The number of nitroso groups, excluding NO2 is 2. The van der Waals surface area contributed by atoms with Gasteiger partial charge in [0.25, 0.3) is 5.91 Å². The van der Waals surface area contributed by atoms with Crippen molar-refractivity contribution < 1.29 is 19.7 Å². The van der Waals surface area contributed by atoms with Crippen LogP contribution in [0.4, 0.5) is 5.69 Å². The van der Waals surface area contributed by atoms with E-state index in [-0.39, 0.29) is 29.1 Å². The van der Waals surface area contributed by atoms with Crippen molar-refractivity contribution in [1.29, 1.82) is 0 Å². The summed E-state index contributed by atoms with van der Waals surface area (Å²) in [6, 6.07) is 11.3. The molecule has 0 fully saturated rings. The summed E-state index contributed by atoms with van der Waals surface area (Å²) in [4.78, 5) is 56.2. The minimum atomic E-state index is -0.998.